The van der Waals surface area contributed by atoms with Crippen molar-refractivity contribution < 1.29 is 35.9 Å². The predicted octanol–water partition coefficient (Wildman–Crippen LogP) is 9.05. The zero-order chi connectivity index (χ0) is 30.2. The first kappa shape index (κ1) is 58.7. The lowest BCUT2D eigenvalue weighted by atomic mass is 10.3. The number of rotatable bonds is 11. The van der Waals surface area contributed by atoms with Crippen molar-refractivity contribution in [3.05, 3.63) is 72.8 Å². The summed E-state index contributed by atoms with van der Waals surface area (Å²) in [6.45, 7) is 21.6. The molecule has 0 aliphatic rings. The van der Waals surface area contributed by atoms with Crippen molar-refractivity contribution in [1.82, 2.24) is 0 Å². The SMILES string of the molecule is C.C.C.C.C=C(C)C(=O)OCCOc1ccccc1.CC.CC.CC.CC.NOS(=O)(=O)OCCOc1ccccc1. The van der Waals surface area contributed by atoms with E-state index in [1.165, 1.54) is 0 Å². The van der Waals surface area contributed by atoms with Gasteiger partial charge in [-0.1, -0.05) is 128 Å². The highest BCUT2D eigenvalue weighted by molar-refractivity contribution is 7.81. The van der Waals surface area contributed by atoms with Crippen molar-refractivity contribution in [3.63, 3.8) is 0 Å². The Kier molecular flexibility index (Phi) is 63.0. The molecule has 0 unspecified atom stereocenters. The van der Waals surface area contributed by atoms with Gasteiger partial charge in [0.05, 0.1) is 0 Å². The first-order chi connectivity index (χ1) is 18.3. The monoisotopic (exact) mass is 623 g/mol. The van der Waals surface area contributed by atoms with Gasteiger partial charge >= 0.3 is 16.4 Å². The van der Waals surface area contributed by atoms with Crippen molar-refractivity contribution >= 4 is 16.4 Å². The molecule has 0 bridgehead atoms. The second-order valence-corrected chi connectivity index (χ2v) is 6.81. The summed E-state index contributed by atoms with van der Waals surface area (Å²) in [5.74, 6) is 5.46. The average molecular weight is 624 g/mol. The van der Waals surface area contributed by atoms with Crippen LogP contribution in [0.15, 0.2) is 72.8 Å². The van der Waals surface area contributed by atoms with Crippen LogP contribution in [0.2, 0.25) is 0 Å². The first-order valence-corrected chi connectivity index (χ1v) is 14.1. The van der Waals surface area contributed by atoms with E-state index in [1.807, 2.05) is 91.8 Å². The Labute approximate surface area is 260 Å². The first-order valence-electron chi connectivity index (χ1n) is 12.8. The molecule has 0 saturated heterocycles. The van der Waals surface area contributed by atoms with Crippen LogP contribution in [-0.4, -0.2) is 40.8 Å². The summed E-state index contributed by atoms with van der Waals surface area (Å²) < 4.78 is 44.4. The molecule has 252 valence electrons. The van der Waals surface area contributed by atoms with Gasteiger partial charge in [0.15, 0.2) is 0 Å². The molecule has 0 aliphatic heterocycles. The van der Waals surface area contributed by atoms with Gasteiger partial charge in [0.1, 0.15) is 37.9 Å². The Balaban J connectivity index is -0.0000000686. The number of carbonyl (C=O) groups excluding carboxylic acids is 1. The Hall–Kier alpha value is -2.92. The zero-order valence-corrected chi connectivity index (χ0v) is 25.4. The molecule has 0 spiro atoms. The fourth-order valence-corrected chi connectivity index (χ4v) is 2.10. The maximum atomic E-state index is 11.0. The van der Waals surface area contributed by atoms with Gasteiger partial charge in [-0.2, -0.15) is 18.6 Å². The van der Waals surface area contributed by atoms with Gasteiger partial charge in [-0.3, -0.25) is 0 Å². The molecule has 0 atom stereocenters. The van der Waals surface area contributed by atoms with E-state index in [9.17, 15) is 13.2 Å². The lowest BCUT2D eigenvalue weighted by Crippen LogP contribution is -2.17. The molecule has 2 N–H and O–H groups in total. The van der Waals surface area contributed by atoms with E-state index >= 15 is 0 Å². The normalized spacial score (nSPS) is 7.95. The number of hydrogen-bond donors (Lipinski definition) is 1. The smallest absolute Gasteiger partial charge is 0.416 e. The van der Waals surface area contributed by atoms with E-state index in [0.717, 1.165) is 5.75 Å². The number of hydrogen-bond acceptors (Lipinski definition) is 9. The van der Waals surface area contributed by atoms with Crippen LogP contribution in [0.5, 0.6) is 11.5 Å². The summed E-state index contributed by atoms with van der Waals surface area (Å²) in [4.78, 5) is 11.0. The summed E-state index contributed by atoms with van der Waals surface area (Å²) >= 11 is 0. The highest BCUT2D eigenvalue weighted by Crippen LogP contribution is 2.08. The van der Waals surface area contributed by atoms with Crippen LogP contribution in [0.1, 0.15) is 92.0 Å². The van der Waals surface area contributed by atoms with E-state index in [2.05, 4.69) is 20.9 Å². The third-order valence-electron chi connectivity index (χ3n) is 3.12. The second-order valence-electron chi connectivity index (χ2n) is 5.57. The Bertz CT molecular complexity index is 863. The summed E-state index contributed by atoms with van der Waals surface area (Å²) in [7, 11) is -4.08. The van der Waals surface area contributed by atoms with Crippen molar-refractivity contribution in [3.8, 4) is 11.5 Å². The number of nitrogens with two attached hydrogens (primary N) is 1. The summed E-state index contributed by atoms with van der Waals surface area (Å²) in [5.41, 5.74) is 0.398. The van der Waals surface area contributed by atoms with E-state index in [1.54, 1.807) is 31.2 Å². The van der Waals surface area contributed by atoms with E-state index in [-0.39, 0.29) is 55.5 Å². The van der Waals surface area contributed by atoms with E-state index in [4.69, 9.17) is 14.2 Å². The molecular formula is C32H65NO8S. The number of para-hydroxylation sites is 2. The highest BCUT2D eigenvalue weighted by Gasteiger charge is 2.08. The molecule has 0 saturated carbocycles. The minimum Gasteiger partial charge on any atom is -0.491 e. The van der Waals surface area contributed by atoms with Crippen LogP contribution >= 0.6 is 0 Å². The van der Waals surface area contributed by atoms with Crippen LogP contribution in [0.4, 0.5) is 0 Å². The van der Waals surface area contributed by atoms with Crippen LogP contribution in [0.25, 0.3) is 0 Å². The topological polar surface area (TPSA) is 123 Å². The van der Waals surface area contributed by atoms with Crippen molar-refractivity contribution in [2.24, 2.45) is 5.90 Å². The van der Waals surface area contributed by atoms with Crippen molar-refractivity contribution in [1.29, 1.82) is 0 Å². The molecule has 0 heterocycles. The van der Waals surface area contributed by atoms with Crippen LogP contribution in [0.3, 0.4) is 0 Å². The molecule has 2 aromatic carbocycles. The molecule has 0 aromatic heterocycles. The Morgan fingerprint density at radius 3 is 1.31 bits per heavy atom. The molecule has 0 fully saturated rings. The Morgan fingerprint density at radius 2 is 1.00 bits per heavy atom. The molecular weight excluding hydrogens is 558 g/mol. The summed E-state index contributed by atoms with van der Waals surface area (Å²) in [6.07, 6.45) is 0. The molecule has 0 radical (unpaired) electrons. The molecule has 0 aliphatic carbocycles. The second kappa shape index (κ2) is 45.1. The van der Waals surface area contributed by atoms with Crippen LogP contribution in [0, 0.1) is 0 Å². The van der Waals surface area contributed by atoms with E-state index < -0.39 is 10.4 Å². The number of ether oxygens (including phenoxy) is 3. The van der Waals surface area contributed by atoms with E-state index in [0.29, 0.717) is 17.9 Å². The largest absolute Gasteiger partial charge is 0.491 e. The highest BCUT2D eigenvalue weighted by atomic mass is 32.3. The summed E-state index contributed by atoms with van der Waals surface area (Å²) in [6, 6.07) is 18.3. The number of esters is 1. The maximum Gasteiger partial charge on any atom is 0.416 e. The lowest BCUT2D eigenvalue weighted by molar-refractivity contribution is -0.139. The van der Waals surface area contributed by atoms with Crippen LogP contribution < -0.4 is 15.4 Å². The number of benzene rings is 2. The molecule has 2 rings (SSSR count). The van der Waals surface area contributed by atoms with Crippen molar-refractivity contribution in [2.75, 3.05) is 26.4 Å². The zero-order valence-electron chi connectivity index (χ0n) is 24.6. The molecule has 2 aromatic rings. The fourth-order valence-electron chi connectivity index (χ4n) is 1.77. The minimum absolute atomic E-state index is 0. The molecule has 42 heavy (non-hydrogen) atoms. The molecule has 0 amide bonds. The summed E-state index contributed by atoms with van der Waals surface area (Å²) in [5, 5.41) is 0. The maximum absolute atomic E-state index is 11.0. The standard InChI is InChI=1S/C12H14O3.C8H11NO5S.4C2H6.4CH4/c1-10(2)12(13)15-9-8-14-11-6-4-3-5-7-11;9-14-15(10,11)13-7-6-12-8-4-2-1-3-5-8;4*1-2;;;;/h3-7H,1,8-9H2,2H3;1-5H,6-7,9H2;4*1-2H3;4*1H4. The molecule has 10 heteroatoms. The van der Waals surface area contributed by atoms with Gasteiger partial charge in [-0.05, 0) is 31.2 Å². The van der Waals surface area contributed by atoms with Gasteiger partial charge in [-0.15, -0.1) is 0 Å². The van der Waals surface area contributed by atoms with Gasteiger partial charge < -0.3 is 14.2 Å². The minimum atomic E-state index is -4.08. The van der Waals surface area contributed by atoms with Gasteiger partial charge in [0.25, 0.3) is 0 Å². The van der Waals surface area contributed by atoms with Gasteiger partial charge in [-0.25, -0.2) is 8.98 Å². The van der Waals surface area contributed by atoms with Gasteiger partial charge in [0, 0.05) is 5.57 Å². The molecule has 9 nitrogen and oxygen atoms in total. The third-order valence-corrected chi connectivity index (χ3v) is 3.81. The number of carbonyl (C=O) groups is 1. The van der Waals surface area contributed by atoms with Crippen molar-refractivity contribution in [2.45, 2.75) is 92.0 Å². The third kappa shape index (κ3) is 39.2. The van der Waals surface area contributed by atoms with Gasteiger partial charge in [0.2, 0.25) is 0 Å². The average Bonchev–Trinajstić information content (AvgIpc) is 2.99. The Morgan fingerprint density at radius 1 is 0.667 bits per heavy atom. The fraction of sp³-hybridized carbons (Fsp3) is 0.531. The quantitative estimate of drug-likeness (QED) is 0.113. The van der Waals surface area contributed by atoms with Crippen LogP contribution in [-0.2, 0) is 28.4 Å². The lowest BCUT2D eigenvalue weighted by Gasteiger charge is -2.06. The predicted molar refractivity (Wildman–Crippen MR) is 182 cm³/mol.